The van der Waals surface area contributed by atoms with Crippen molar-refractivity contribution in [1.29, 1.82) is 0 Å². The van der Waals surface area contributed by atoms with Gasteiger partial charge in [0.15, 0.2) is 0 Å². The van der Waals surface area contributed by atoms with Gasteiger partial charge in [-0.05, 0) is 160 Å². The van der Waals surface area contributed by atoms with Crippen molar-refractivity contribution in [1.82, 2.24) is 4.57 Å². The van der Waals surface area contributed by atoms with Crippen molar-refractivity contribution in [3.8, 4) is 39.1 Å². The maximum atomic E-state index is 2.51. The van der Waals surface area contributed by atoms with Crippen LogP contribution in [0.25, 0.3) is 60.9 Å². The summed E-state index contributed by atoms with van der Waals surface area (Å²) in [5, 5.41) is 2.66. The number of nitrogens with zero attached hydrogens (tertiary/aromatic N) is 3. The lowest BCUT2D eigenvalue weighted by Crippen LogP contribution is -2.15. The summed E-state index contributed by atoms with van der Waals surface area (Å²) in [4.78, 5) is 9.93. The van der Waals surface area contributed by atoms with Gasteiger partial charge in [-0.1, -0.05) is 183 Å². The molecular weight excluding hydrogens is 935 g/mol. The molecule has 0 spiro atoms. The average molecular weight is 984 g/mol. The standard InChI is InChI=1S/C69H49N3S2/c1-69(2)60-23-13-12-22-57(60)58-42-43-61-67(68(58)69)59-44-65-66(74-64-25-15-14-24-63(64)73-65)45-62(59)72(61)56-36-30-49(31-37-56)48-28-34-53(35-29-48)71(52-32-26-47(27-33-52)46-16-6-3-7-17-46)55-40-38-54(39-41-55)70(50-18-8-4-9-19-50)51-20-10-5-11-21-51/h3-45H,1-2H3. The van der Waals surface area contributed by atoms with Crippen LogP contribution in [-0.2, 0) is 5.41 Å². The van der Waals surface area contributed by atoms with E-state index in [2.05, 4.69) is 289 Å². The monoisotopic (exact) mass is 983 g/mol. The number of hydrogen-bond acceptors (Lipinski definition) is 4. The van der Waals surface area contributed by atoms with Crippen molar-refractivity contribution < 1.29 is 0 Å². The van der Waals surface area contributed by atoms with Gasteiger partial charge < -0.3 is 14.4 Å². The van der Waals surface area contributed by atoms with Crippen molar-refractivity contribution in [2.24, 2.45) is 0 Å². The molecule has 0 unspecified atom stereocenters. The van der Waals surface area contributed by atoms with Gasteiger partial charge in [-0.15, -0.1) is 0 Å². The summed E-state index contributed by atoms with van der Waals surface area (Å²) < 4.78 is 2.51. The number of anilines is 6. The van der Waals surface area contributed by atoms with E-state index in [1.165, 1.54) is 80.3 Å². The molecule has 11 aromatic carbocycles. The van der Waals surface area contributed by atoms with Crippen molar-refractivity contribution in [2.45, 2.75) is 38.8 Å². The van der Waals surface area contributed by atoms with E-state index in [1.807, 2.05) is 23.5 Å². The van der Waals surface area contributed by atoms with Gasteiger partial charge in [-0.25, -0.2) is 0 Å². The van der Waals surface area contributed by atoms with Gasteiger partial charge in [-0.2, -0.15) is 0 Å². The second-order valence-electron chi connectivity index (χ2n) is 19.7. The molecule has 0 atom stereocenters. The van der Waals surface area contributed by atoms with Crippen LogP contribution >= 0.6 is 23.5 Å². The molecule has 0 bridgehead atoms. The van der Waals surface area contributed by atoms with E-state index in [1.54, 1.807) is 0 Å². The summed E-state index contributed by atoms with van der Waals surface area (Å²) in [6, 6.07) is 95.3. The van der Waals surface area contributed by atoms with Crippen LogP contribution in [0.15, 0.2) is 280 Å². The van der Waals surface area contributed by atoms with Gasteiger partial charge in [-0.3, -0.25) is 0 Å². The van der Waals surface area contributed by atoms with Crippen LogP contribution in [0.5, 0.6) is 0 Å². The highest BCUT2D eigenvalue weighted by Crippen LogP contribution is 2.56. The minimum Gasteiger partial charge on any atom is -0.311 e. The van der Waals surface area contributed by atoms with Crippen molar-refractivity contribution in [3.05, 3.63) is 272 Å². The topological polar surface area (TPSA) is 11.4 Å². The van der Waals surface area contributed by atoms with E-state index in [0.29, 0.717) is 0 Å². The van der Waals surface area contributed by atoms with E-state index in [-0.39, 0.29) is 5.41 Å². The molecule has 1 aliphatic carbocycles. The Morgan fingerprint density at radius 3 is 1.30 bits per heavy atom. The Hall–Kier alpha value is -8.48. The minimum absolute atomic E-state index is 0.151. The zero-order chi connectivity index (χ0) is 49.3. The highest BCUT2D eigenvalue weighted by atomic mass is 32.2. The number of fused-ring (bicyclic) bond motifs is 9. The number of para-hydroxylation sites is 2. The highest BCUT2D eigenvalue weighted by molar-refractivity contribution is 8.05. The van der Waals surface area contributed by atoms with Crippen molar-refractivity contribution in [3.63, 3.8) is 0 Å². The lowest BCUT2D eigenvalue weighted by atomic mass is 9.80. The molecule has 0 radical (unpaired) electrons. The molecule has 74 heavy (non-hydrogen) atoms. The number of aromatic nitrogens is 1. The molecule has 352 valence electrons. The van der Waals surface area contributed by atoms with Crippen molar-refractivity contribution in [2.75, 3.05) is 9.80 Å². The van der Waals surface area contributed by atoms with E-state index < -0.39 is 0 Å². The van der Waals surface area contributed by atoms with Gasteiger partial charge in [0.25, 0.3) is 0 Å². The zero-order valence-corrected chi connectivity index (χ0v) is 42.6. The van der Waals surface area contributed by atoms with E-state index in [0.717, 1.165) is 45.4 Å². The lowest BCUT2D eigenvalue weighted by molar-refractivity contribution is 0.666. The Kier molecular flexibility index (Phi) is 10.7. The highest BCUT2D eigenvalue weighted by Gasteiger charge is 2.38. The van der Waals surface area contributed by atoms with Gasteiger partial charge in [0.2, 0.25) is 0 Å². The first-order chi connectivity index (χ1) is 36.4. The molecule has 1 aromatic heterocycles. The van der Waals surface area contributed by atoms with Crippen LogP contribution in [-0.4, -0.2) is 4.57 Å². The molecule has 5 heteroatoms. The lowest BCUT2D eigenvalue weighted by Gasteiger charge is -2.28. The molecule has 2 aliphatic rings. The Morgan fingerprint density at radius 2 is 0.757 bits per heavy atom. The SMILES string of the molecule is CC1(C)c2ccccc2-c2ccc3c(c21)c1cc2c(cc1n3-c1ccc(-c3ccc(N(c4ccc(-c5ccccc5)cc4)c4ccc(N(c5ccccc5)c5ccccc5)cc4)cc3)cc1)Sc1ccccc1S2. The molecule has 2 heterocycles. The van der Waals surface area contributed by atoms with Gasteiger partial charge in [0.1, 0.15) is 0 Å². The van der Waals surface area contributed by atoms with E-state index in [4.69, 9.17) is 0 Å². The predicted molar refractivity (Wildman–Crippen MR) is 313 cm³/mol. The summed E-state index contributed by atoms with van der Waals surface area (Å²) in [7, 11) is 0. The molecule has 0 saturated heterocycles. The first-order valence-corrected chi connectivity index (χ1v) is 26.9. The summed E-state index contributed by atoms with van der Waals surface area (Å²) >= 11 is 3.78. The molecule has 14 rings (SSSR count). The third kappa shape index (κ3) is 7.45. The van der Waals surface area contributed by atoms with Crippen LogP contribution in [0.1, 0.15) is 25.0 Å². The Morgan fingerprint density at radius 1 is 0.338 bits per heavy atom. The van der Waals surface area contributed by atoms with E-state index in [9.17, 15) is 0 Å². The molecule has 0 amide bonds. The molecule has 0 N–H and O–H groups in total. The Bertz CT molecular complexity index is 4020. The van der Waals surface area contributed by atoms with Crippen LogP contribution in [0.3, 0.4) is 0 Å². The predicted octanol–water partition coefficient (Wildman–Crippen LogP) is 20.0. The largest absolute Gasteiger partial charge is 0.311 e. The number of benzene rings is 11. The van der Waals surface area contributed by atoms with Gasteiger partial charge in [0, 0.05) is 75.6 Å². The third-order valence-corrected chi connectivity index (χ3v) is 17.5. The first-order valence-electron chi connectivity index (χ1n) is 25.3. The summed E-state index contributed by atoms with van der Waals surface area (Å²) in [5.74, 6) is 0. The smallest absolute Gasteiger partial charge is 0.0553 e. The quantitative estimate of drug-likeness (QED) is 0.143. The fourth-order valence-electron chi connectivity index (χ4n) is 11.5. The first kappa shape index (κ1) is 44.2. The van der Waals surface area contributed by atoms with E-state index >= 15 is 0 Å². The zero-order valence-electron chi connectivity index (χ0n) is 41.0. The Labute approximate surface area is 441 Å². The van der Waals surface area contributed by atoms with Crippen LogP contribution < -0.4 is 9.80 Å². The van der Waals surface area contributed by atoms with Crippen molar-refractivity contribution >= 4 is 79.5 Å². The number of rotatable bonds is 9. The molecule has 0 saturated carbocycles. The molecular formula is C69H49N3S2. The van der Waals surface area contributed by atoms with Crippen LogP contribution in [0.2, 0.25) is 0 Å². The summed E-state index contributed by atoms with van der Waals surface area (Å²) in [6.45, 7) is 4.81. The molecule has 1 aliphatic heterocycles. The van der Waals surface area contributed by atoms with Crippen LogP contribution in [0, 0.1) is 0 Å². The fourth-order valence-corrected chi connectivity index (χ4v) is 13.8. The summed E-state index contributed by atoms with van der Waals surface area (Å²) in [6.07, 6.45) is 0. The van der Waals surface area contributed by atoms with Gasteiger partial charge in [0.05, 0.1) is 11.0 Å². The maximum absolute atomic E-state index is 2.51. The molecule has 12 aromatic rings. The summed E-state index contributed by atoms with van der Waals surface area (Å²) in [5.41, 5.74) is 20.3. The molecule has 3 nitrogen and oxygen atoms in total. The third-order valence-electron chi connectivity index (χ3n) is 15.0. The minimum atomic E-state index is -0.151. The fraction of sp³-hybridized carbons (Fsp3) is 0.0435. The second kappa shape index (κ2) is 17.9. The van der Waals surface area contributed by atoms with Gasteiger partial charge >= 0.3 is 0 Å². The maximum Gasteiger partial charge on any atom is 0.0553 e. The van der Waals surface area contributed by atoms with Crippen LogP contribution in [0.4, 0.5) is 34.1 Å². The number of hydrogen-bond donors (Lipinski definition) is 0. The molecule has 0 fully saturated rings. The average Bonchev–Trinajstić information content (AvgIpc) is 3.94. The normalized spacial score (nSPS) is 13.0. The second-order valence-corrected chi connectivity index (χ2v) is 21.9. The Balaban J connectivity index is 0.837.